The van der Waals surface area contributed by atoms with Crippen LogP contribution in [0, 0.1) is 11.3 Å². The average molecular weight is 237 g/mol. The van der Waals surface area contributed by atoms with Crippen molar-refractivity contribution >= 4 is 17.1 Å². The molecule has 0 spiro atoms. The summed E-state index contributed by atoms with van der Waals surface area (Å²) in [7, 11) is 0. The number of nitrogen functional groups attached to an aromatic ring is 1. The zero-order valence-corrected chi connectivity index (χ0v) is 10.3. The van der Waals surface area contributed by atoms with Gasteiger partial charge in [-0.2, -0.15) is 5.26 Å². The summed E-state index contributed by atoms with van der Waals surface area (Å²) in [5, 5.41) is 9.20. The van der Waals surface area contributed by atoms with Crippen molar-refractivity contribution in [3.63, 3.8) is 0 Å². The van der Waals surface area contributed by atoms with E-state index in [0.717, 1.165) is 17.9 Å². The van der Waals surface area contributed by atoms with Crippen LogP contribution in [0.5, 0.6) is 0 Å². The van der Waals surface area contributed by atoms with Crippen LogP contribution >= 0.6 is 0 Å². The first-order valence-electron chi connectivity index (χ1n) is 5.88. The van der Waals surface area contributed by atoms with Gasteiger partial charge in [-0.05, 0) is 37.3 Å². The first-order chi connectivity index (χ1) is 8.76. The Kier molecular flexibility index (Phi) is 3.49. The molecule has 0 aliphatic carbocycles. The van der Waals surface area contributed by atoms with Crippen LogP contribution in [0.25, 0.3) is 0 Å². The van der Waals surface area contributed by atoms with E-state index in [4.69, 9.17) is 5.73 Å². The average Bonchev–Trinajstić information content (AvgIpc) is 2.42. The van der Waals surface area contributed by atoms with Crippen molar-refractivity contribution in [3.05, 3.63) is 54.1 Å². The molecule has 3 heteroatoms. The van der Waals surface area contributed by atoms with Crippen molar-refractivity contribution < 1.29 is 0 Å². The SMILES string of the molecule is CCN(c1ccccc1)c1ccc(N)cc1C#N. The van der Waals surface area contributed by atoms with Crippen molar-refractivity contribution in [2.75, 3.05) is 17.2 Å². The minimum atomic E-state index is 0.598. The quantitative estimate of drug-likeness (QED) is 0.833. The highest BCUT2D eigenvalue weighted by molar-refractivity contribution is 5.71. The van der Waals surface area contributed by atoms with Crippen LogP contribution in [-0.4, -0.2) is 6.54 Å². The number of benzene rings is 2. The maximum Gasteiger partial charge on any atom is 0.101 e. The molecule has 2 rings (SSSR count). The van der Waals surface area contributed by atoms with E-state index in [2.05, 4.69) is 17.9 Å². The van der Waals surface area contributed by atoms with Gasteiger partial charge in [0.1, 0.15) is 6.07 Å². The molecule has 0 atom stereocenters. The van der Waals surface area contributed by atoms with E-state index < -0.39 is 0 Å². The van der Waals surface area contributed by atoms with Gasteiger partial charge in [-0.3, -0.25) is 0 Å². The standard InChI is InChI=1S/C15H15N3/c1-2-18(14-6-4-3-5-7-14)15-9-8-13(17)10-12(15)11-16/h3-10H,2,17H2,1H3. The Hall–Kier alpha value is -2.47. The lowest BCUT2D eigenvalue weighted by Gasteiger charge is -2.24. The molecule has 90 valence electrons. The van der Waals surface area contributed by atoms with Crippen LogP contribution in [0.1, 0.15) is 12.5 Å². The Morgan fingerprint density at radius 1 is 1.17 bits per heavy atom. The summed E-state index contributed by atoms with van der Waals surface area (Å²) in [5.74, 6) is 0. The van der Waals surface area contributed by atoms with Crippen molar-refractivity contribution in [2.45, 2.75) is 6.92 Å². The minimum Gasteiger partial charge on any atom is -0.399 e. The Bertz CT molecular complexity index is 570. The Morgan fingerprint density at radius 3 is 2.50 bits per heavy atom. The van der Waals surface area contributed by atoms with Crippen LogP contribution < -0.4 is 10.6 Å². The highest BCUT2D eigenvalue weighted by Gasteiger charge is 2.11. The second-order valence-corrected chi connectivity index (χ2v) is 3.97. The van der Waals surface area contributed by atoms with Gasteiger partial charge >= 0.3 is 0 Å². The van der Waals surface area contributed by atoms with E-state index in [-0.39, 0.29) is 0 Å². The summed E-state index contributed by atoms with van der Waals surface area (Å²) in [6.45, 7) is 2.85. The van der Waals surface area contributed by atoms with E-state index in [1.807, 2.05) is 42.5 Å². The smallest absolute Gasteiger partial charge is 0.101 e. The number of hydrogen-bond donors (Lipinski definition) is 1. The largest absolute Gasteiger partial charge is 0.399 e. The predicted octanol–water partition coefficient (Wildman–Crippen LogP) is 3.30. The van der Waals surface area contributed by atoms with Gasteiger partial charge in [0.05, 0.1) is 11.3 Å². The van der Waals surface area contributed by atoms with Crippen LogP contribution in [0.2, 0.25) is 0 Å². The van der Waals surface area contributed by atoms with Crippen LogP contribution in [-0.2, 0) is 0 Å². The number of anilines is 3. The van der Waals surface area contributed by atoms with E-state index in [9.17, 15) is 5.26 Å². The van der Waals surface area contributed by atoms with Gasteiger partial charge in [-0.1, -0.05) is 18.2 Å². The zero-order chi connectivity index (χ0) is 13.0. The molecule has 0 saturated carbocycles. The summed E-state index contributed by atoms with van der Waals surface area (Å²) >= 11 is 0. The number of nitrogens with two attached hydrogens (primary N) is 1. The number of nitriles is 1. The molecule has 3 nitrogen and oxygen atoms in total. The van der Waals surface area contributed by atoms with Gasteiger partial charge in [0.15, 0.2) is 0 Å². The molecule has 0 fully saturated rings. The van der Waals surface area contributed by atoms with Crippen LogP contribution in [0.4, 0.5) is 17.1 Å². The Balaban J connectivity index is 2.49. The monoisotopic (exact) mass is 237 g/mol. The van der Waals surface area contributed by atoms with E-state index in [1.54, 1.807) is 6.07 Å². The molecule has 2 aromatic rings. The Labute approximate surface area is 107 Å². The van der Waals surface area contributed by atoms with E-state index >= 15 is 0 Å². The van der Waals surface area contributed by atoms with Gasteiger partial charge in [-0.25, -0.2) is 0 Å². The number of hydrogen-bond acceptors (Lipinski definition) is 3. The molecule has 2 N–H and O–H groups in total. The normalized spacial score (nSPS) is 9.78. The van der Waals surface area contributed by atoms with Crippen LogP contribution in [0.15, 0.2) is 48.5 Å². The van der Waals surface area contributed by atoms with E-state index in [0.29, 0.717) is 11.3 Å². The summed E-state index contributed by atoms with van der Waals surface area (Å²) in [4.78, 5) is 2.10. The second kappa shape index (κ2) is 5.24. The fourth-order valence-electron chi connectivity index (χ4n) is 1.98. The molecule has 18 heavy (non-hydrogen) atoms. The van der Waals surface area contributed by atoms with Crippen molar-refractivity contribution in [3.8, 4) is 6.07 Å². The van der Waals surface area contributed by atoms with Crippen molar-refractivity contribution in [2.24, 2.45) is 0 Å². The van der Waals surface area contributed by atoms with Gasteiger partial charge < -0.3 is 10.6 Å². The van der Waals surface area contributed by atoms with Gasteiger partial charge in [0, 0.05) is 17.9 Å². The fraction of sp³-hybridized carbons (Fsp3) is 0.133. The topological polar surface area (TPSA) is 53.0 Å². The maximum atomic E-state index is 9.20. The molecule has 0 aliphatic rings. The Morgan fingerprint density at radius 2 is 1.89 bits per heavy atom. The minimum absolute atomic E-state index is 0.598. The molecular formula is C15H15N3. The van der Waals surface area contributed by atoms with Gasteiger partial charge in [0.25, 0.3) is 0 Å². The molecule has 0 saturated heterocycles. The number of nitrogens with zero attached hydrogens (tertiary/aromatic N) is 2. The summed E-state index contributed by atoms with van der Waals surface area (Å²) < 4.78 is 0. The maximum absolute atomic E-state index is 9.20. The molecule has 0 heterocycles. The summed E-state index contributed by atoms with van der Waals surface area (Å²) in [6, 6.07) is 17.6. The molecule has 0 radical (unpaired) electrons. The number of para-hydroxylation sites is 1. The molecule has 0 aliphatic heterocycles. The first-order valence-corrected chi connectivity index (χ1v) is 5.88. The molecule has 2 aromatic carbocycles. The summed E-state index contributed by atoms with van der Waals surface area (Å²) in [6.07, 6.45) is 0. The number of rotatable bonds is 3. The van der Waals surface area contributed by atoms with Crippen molar-refractivity contribution in [1.29, 1.82) is 5.26 Å². The highest BCUT2D eigenvalue weighted by Crippen LogP contribution is 2.29. The lowest BCUT2D eigenvalue weighted by Crippen LogP contribution is -2.17. The third kappa shape index (κ3) is 2.28. The lowest BCUT2D eigenvalue weighted by molar-refractivity contribution is 1.02. The zero-order valence-electron chi connectivity index (χ0n) is 10.3. The third-order valence-electron chi connectivity index (χ3n) is 2.82. The van der Waals surface area contributed by atoms with E-state index in [1.165, 1.54) is 0 Å². The lowest BCUT2D eigenvalue weighted by atomic mass is 10.1. The molecule has 0 unspecified atom stereocenters. The molecule has 0 amide bonds. The van der Waals surface area contributed by atoms with Gasteiger partial charge in [0.2, 0.25) is 0 Å². The predicted molar refractivity (Wildman–Crippen MR) is 74.7 cm³/mol. The fourth-order valence-corrected chi connectivity index (χ4v) is 1.98. The van der Waals surface area contributed by atoms with Gasteiger partial charge in [-0.15, -0.1) is 0 Å². The first kappa shape index (κ1) is 12.0. The van der Waals surface area contributed by atoms with Crippen molar-refractivity contribution in [1.82, 2.24) is 0 Å². The highest BCUT2D eigenvalue weighted by atomic mass is 15.1. The molecular weight excluding hydrogens is 222 g/mol. The third-order valence-corrected chi connectivity index (χ3v) is 2.82. The van der Waals surface area contributed by atoms with Crippen LogP contribution in [0.3, 0.4) is 0 Å². The molecule has 0 aromatic heterocycles. The second-order valence-electron chi connectivity index (χ2n) is 3.97. The summed E-state index contributed by atoms with van der Waals surface area (Å²) in [5.41, 5.74) is 8.88. The molecule has 0 bridgehead atoms.